The number of hydrogen-bond acceptors (Lipinski definition) is 2. The smallest absolute Gasteiger partial charge is 0.247 e. The van der Waals surface area contributed by atoms with Crippen LogP contribution in [0.5, 0.6) is 0 Å². The monoisotopic (exact) mass is 410 g/mol. The molecular formula is C15H14Cl4N2OS. The SMILES string of the molecule is CN(C(=O)C1(Cl)CC1(Cl)Cl)C1CCN(c2cccc(Cl)c2)C1=S. The second kappa shape index (κ2) is 5.92. The van der Waals surface area contributed by atoms with Crippen molar-refractivity contribution >= 4 is 75.2 Å². The Balaban J connectivity index is 1.76. The molecule has 3 nitrogen and oxygen atoms in total. The molecule has 2 unspecified atom stereocenters. The Kier molecular flexibility index (Phi) is 4.52. The summed E-state index contributed by atoms with van der Waals surface area (Å²) in [4.78, 5) is 15.6. The summed E-state index contributed by atoms with van der Waals surface area (Å²) in [6.45, 7) is 0.712. The number of likely N-dealkylation sites (N-methyl/N-ethyl adjacent to an activating group) is 1. The number of anilines is 1. The van der Waals surface area contributed by atoms with Crippen LogP contribution in [0.1, 0.15) is 12.8 Å². The van der Waals surface area contributed by atoms with Crippen molar-refractivity contribution in [2.24, 2.45) is 0 Å². The minimum absolute atomic E-state index is 0.211. The third kappa shape index (κ3) is 2.93. The van der Waals surface area contributed by atoms with E-state index in [2.05, 4.69) is 0 Å². The van der Waals surface area contributed by atoms with E-state index in [9.17, 15) is 4.79 Å². The molecule has 1 saturated heterocycles. The standard InChI is InChI=1S/C15H14Cl4N2OS/c1-20(13(22)14(17)8-15(14,18)19)11-5-6-21(12(11)23)10-4-2-3-9(16)7-10/h2-4,7,11H,5-6,8H2,1H3. The number of benzene rings is 1. The molecule has 2 fully saturated rings. The Labute approximate surface area is 160 Å². The predicted molar refractivity (Wildman–Crippen MR) is 100 cm³/mol. The van der Waals surface area contributed by atoms with Gasteiger partial charge in [-0.3, -0.25) is 4.79 Å². The Morgan fingerprint density at radius 1 is 1.39 bits per heavy atom. The fourth-order valence-electron chi connectivity index (χ4n) is 2.84. The van der Waals surface area contributed by atoms with Crippen LogP contribution < -0.4 is 4.90 Å². The molecule has 1 heterocycles. The molecule has 2 atom stereocenters. The van der Waals surface area contributed by atoms with Crippen molar-refractivity contribution in [1.29, 1.82) is 0 Å². The minimum Gasteiger partial charge on any atom is -0.335 e. The van der Waals surface area contributed by atoms with E-state index < -0.39 is 9.21 Å². The Morgan fingerprint density at radius 2 is 2.04 bits per heavy atom. The van der Waals surface area contributed by atoms with Gasteiger partial charge in [0, 0.05) is 30.7 Å². The fourth-order valence-corrected chi connectivity index (χ4v) is 4.53. The summed E-state index contributed by atoms with van der Waals surface area (Å²) in [5.41, 5.74) is 0.918. The van der Waals surface area contributed by atoms with Gasteiger partial charge in [-0.1, -0.05) is 53.1 Å². The van der Waals surface area contributed by atoms with E-state index in [4.69, 9.17) is 58.6 Å². The van der Waals surface area contributed by atoms with Crippen molar-refractivity contribution in [3.63, 3.8) is 0 Å². The molecule has 0 spiro atoms. The van der Waals surface area contributed by atoms with Gasteiger partial charge < -0.3 is 9.80 Å². The van der Waals surface area contributed by atoms with Crippen molar-refractivity contribution in [3.05, 3.63) is 29.3 Å². The molecule has 0 aromatic heterocycles. The molecule has 0 bridgehead atoms. The first-order chi connectivity index (χ1) is 10.7. The van der Waals surface area contributed by atoms with E-state index in [-0.39, 0.29) is 18.4 Å². The number of rotatable bonds is 3. The first kappa shape index (κ1) is 17.6. The van der Waals surface area contributed by atoms with E-state index in [1.807, 2.05) is 29.2 Å². The van der Waals surface area contributed by atoms with Crippen molar-refractivity contribution in [1.82, 2.24) is 4.90 Å². The second-order valence-electron chi connectivity index (χ2n) is 5.87. The van der Waals surface area contributed by atoms with Crippen LogP contribution in [0.4, 0.5) is 5.69 Å². The maximum atomic E-state index is 12.6. The Hall–Kier alpha value is -0.260. The molecular weight excluding hydrogens is 398 g/mol. The number of nitrogens with zero attached hydrogens (tertiary/aromatic N) is 2. The summed E-state index contributed by atoms with van der Waals surface area (Å²) in [7, 11) is 1.69. The second-order valence-corrected chi connectivity index (χ2v) is 8.86. The average molecular weight is 412 g/mol. The number of hydrogen-bond donors (Lipinski definition) is 0. The molecule has 1 amide bonds. The van der Waals surface area contributed by atoms with Crippen LogP contribution in [-0.4, -0.2) is 44.6 Å². The van der Waals surface area contributed by atoms with Crippen LogP contribution in [0.25, 0.3) is 0 Å². The van der Waals surface area contributed by atoms with Crippen LogP contribution in [-0.2, 0) is 4.79 Å². The maximum Gasteiger partial charge on any atom is 0.247 e. The molecule has 1 aromatic rings. The minimum atomic E-state index is -1.25. The fraction of sp³-hybridized carbons (Fsp3) is 0.467. The van der Waals surface area contributed by atoms with Crippen molar-refractivity contribution < 1.29 is 4.79 Å². The molecule has 1 aromatic carbocycles. The van der Waals surface area contributed by atoms with Gasteiger partial charge in [0.1, 0.15) is 9.32 Å². The highest BCUT2D eigenvalue weighted by Crippen LogP contribution is 2.62. The van der Waals surface area contributed by atoms with Gasteiger partial charge in [0.25, 0.3) is 0 Å². The third-order valence-corrected chi connectivity index (χ3v) is 6.80. The van der Waals surface area contributed by atoms with Gasteiger partial charge in [0.05, 0.1) is 6.04 Å². The lowest BCUT2D eigenvalue weighted by atomic mass is 10.2. The third-order valence-electron chi connectivity index (χ3n) is 4.34. The van der Waals surface area contributed by atoms with Crippen LogP contribution in [0, 0.1) is 0 Å². The van der Waals surface area contributed by atoms with Crippen LogP contribution in [0.15, 0.2) is 24.3 Å². The zero-order valence-electron chi connectivity index (χ0n) is 12.2. The van der Waals surface area contributed by atoms with Gasteiger partial charge in [-0.15, -0.1) is 11.6 Å². The van der Waals surface area contributed by atoms with Gasteiger partial charge in [0.15, 0.2) is 4.87 Å². The zero-order chi connectivity index (χ0) is 17.0. The van der Waals surface area contributed by atoms with E-state index in [1.165, 1.54) is 0 Å². The van der Waals surface area contributed by atoms with Gasteiger partial charge in [0.2, 0.25) is 5.91 Å². The van der Waals surface area contributed by atoms with Gasteiger partial charge in [-0.05, 0) is 24.6 Å². The molecule has 1 aliphatic carbocycles. The van der Waals surface area contributed by atoms with E-state index in [0.717, 1.165) is 12.1 Å². The highest BCUT2D eigenvalue weighted by molar-refractivity contribution is 7.80. The first-order valence-corrected chi connectivity index (χ1v) is 9.00. The highest BCUT2D eigenvalue weighted by Gasteiger charge is 2.71. The lowest BCUT2D eigenvalue weighted by Gasteiger charge is -2.28. The number of thiocarbonyl (C=S) groups is 1. The number of halogens is 4. The van der Waals surface area contributed by atoms with E-state index in [0.29, 0.717) is 16.6 Å². The van der Waals surface area contributed by atoms with Crippen molar-refractivity contribution in [3.8, 4) is 0 Å². The molecule has 23 heavy (non-hydrogen) atoms. The summed E-state index contributed by atoms with van der Waals surface area (Å²) in [5, 5.41) is 0.643. The molecule has 0 radical (unpaired) electrons. The van der Waals surface area contributed by atoms with Gasteiger partial charge >= 0.3 is 0 Å². The number of alkyl halides is 3. The normalized spacial score (nSPS) is 28.8. The zero-order valence-corrected chi connectivity index (χ0v) is 16.1. The number of carbonyl (C=O) groups excluding carboxylic acids is 1. The molecule has 1 aliphatic heterocycles. The van der Waals surface area contributed by atoms with Crippen LogP contribution in [0.2, 0.25) is 5.02 Å². The summed E-state index contributed by atoms with van der Waals surface area (Å²) < 4.78 is -1.20. The molecule has 1 saturated carbocycles. The Morgan fingerprint density at radius 3 is 2.61 bits per heavy atom. The number of amides is 1. The predicted octanol–water partition coefficient (Wildman–Crippen LogP) is 4.26. The summed E-state index contributed by atoms with van der Waals surface area (Å²) in [6.07, 6.45) is 0.962. The van der Waals surface area contributed by atoms with Crippen molar-refractivity contribution in [2.45, 2.75) is 28.1 Å². The van der Waals surface area contributed by atoms with Crippen molar-refractivity contribution in [2.75, 3.05) is 18.5 Å². The Bertz CT molecular complexity index is 683. The maximum absolute atomic E-state index is 12.6. The quantitative estimate of drug-likeness (QED) is 0.548. The van der Waals surface area contributed by atoms with Crippen LogP contribution >= 0.6 is 58.6 Å². The average Bonchev–Trinajstić information content (AvgIpc) is 2.81. The summed E-state index contributed by atoms with van der Waals surface area (Å²) in [6, 6.07) is 7.26. The molecule has 0 N–H and O–H groups in total. The topological polar surface area (TPSA) is 23.6 Å². The molecule has 124 valence electrons. The first-order valence-electron chi connectivity index (χ1n) is 7.08. The lowest BCUT2D eigenvalue weighted by Crippen LogP contribution is -2.47. The molecule has 2 aliphatic rings. The van der Waals surface area contributed by atoms with Gasteiger partial charge in [-0.25, -0.2) is 0 Å². The lowest BCUT2D eigenvalue weighted by molar-refractivity contribution is -0.131. The summed E-state index contributed by atoms with van der Waals surface area (Å²) >= 11 is 29.9. The van der Waals surface area contributed by atoms with Crippen LogP contribution in [0.3, 0.4) is 0 Å². The summed E-state index contributed by atoms with van der Waals surface area (Å²) in [5.74, 6) is -0.288. The highest BCUT2D eigenvalue weighted by atomic mass is 35.5. The number of carbonyl (C=O) groups is 1. The van der Waals surface area contributed by atoms with E-state index >= 15 is 0 Å². The van der Waals surface area contributed by atoms with E-state index in [1.54, 1.807) is 11.9 Å². The largest absolute Gasteiger partial charge is 0.335 e. The molecule has 3 rings (SSSR count). The van der Waals surface area contributed by atoms with Gasteiger partial charge in [-0.2, -0.15) is 0 Å². The molecule has 8 heteroatoms.